The van der Waals surface area contributed by atoms with Gasteiger partial charge in [0, 0.05) is 74.1 Å². The van der Waals surface area contributed by atoms with Crippen molar-refractivity contribution in [2.45, 2.75) is 13.1 Å². The first-order chi connectivity index (χ1) is 22.7. The quantitative estimate of drug-likeness (QED) is 0.206. The molecule has 1 atom stereocenters. The fourth-order valence-electron chi connectivity index (χ4n) is 5.96. The van der Waals surface area contributed by atoms with Crippen LogP contribution < -0.4 is 11.0 Å². The molecule has 0 amide bonds. The van der Waals surface area contributed by atoms with E-state index in [9.17, 15) is 20.2 Å². The number of nitro groups is 2. The van der Waals surface area contributed by atoms with Crippen molar-refractivity contribution in [1.29, 1.82) is 0 Å². The number of aliphatic imine (C=N–C) groups is 4. The summed E-state index contributed by atoms with van der Waals surface area (Å²) in [6.07, 6.45) is -0.678. The van der Waals surface area contributed by atoms with Crippen molar-refractivity contribution in [2.24, 2.45) is 30.0 Å². The molecule has 0 saturated carbocycles. The standard InChI is InChI=1S/C34H21N9O4/c1-17-21-13-11-19(42(44)45)15-27(21)18(2)36-30-23-8-4-5-9-24(23)31(38-30)39-33-26-14-12-20(43(46)47)16-28(26)34(41-33)40-32-25-10-6-3-7-22(25)29(35-17)37-32/h3-16,29H,2H2,1H3,(H,36,37,38,39,40,41). The maximum atomic E-state index is 11.8. The zero-order valence-electron chi connectivity index (χ0n) is 24.6. The second-order valence-electron chi connectivity index (χ2n) is 11.0. The van der Waals surface area contributed by atoms with Gasteiger partial charge in [-0.1, -0.05) is 55.1 Å². The van der Waals surface area contributed by atoms with E-state index in [4.69, 9.17) is 30.0 Å². The molecule has 13 nitrogen and oxygen atoms in total. The monoisotopic (exact) mass is 619 g/mol. The van der Waals surface area contributed by atoms with Crippen molar-refractivity contribution in [3.8, 4) is 0 Å². The van der Waals surface area contributed by atoms with E-state index in [-0.39, 0.29) is 22.9 Å². The van der Waals surface area contributed by atoms with E-state index in [0.29, 0.717) is 50.6 Å². The minimum atomic E-state index is -0.678. The van der Waals surface area contributed by atoms with Gasteiger partial charge < -0.3 is 4.98 Å². The number of nitrogens with zero attached hydrogens (tertiary/aromatic N) is 8. The summed E-state index contributed by atoms with van der Waals surface area (Å²) in [5.41, 5.74) is 5.10. The lowest BCUT2D eigenvalue weighted by atomic mass is 10.00. The van der Waals surface area contributed by atoms with Gasteiger partial charge in [0.25, 0.3) is 11.4 Å². The van der Waals surface area contributed by atoms with Crippen LogP contribution >= 0.6 is 0 Å². The SMILES string of the molecule is C=C1N=c2[nH]c(c3ccccc23)=NC2=NC(=NC3=NC(N=C(C)c4ccc([N+](=O)[O-])cc41)c1ccccc13)c1cc([N+](=O)[O-])ccc12. The van der Waals surface area contributed by atoms with Crippen LogP contribution in [0.15, 0.2) is 121 Å². The Labute approximate surface area is 264 Å². The van der Waals surface area contributed by atoms with Gasteiger partial charge in [-0.2, -0.15) is 0 Å². The Kier molecular flexibility index (Phi) is 6.15. The van der Waals surface area contributed by atoms with Gasteiger partial charge in [-0.3, -0.25) is 25.2 Å². The van der Waals surface area contributed by atoms with E-state index in [1.165, 1.54) is 24.3 Å². The minimum absolute atomic E-state index is 0.106. The molecule has 3 aliphatic rings. The Morgan fingerprint density at radius 1 is 0.638 bits per heavy atom. The molecule has 0 fully saturated rings. The molecule has 3 aliphatic heterocycles. The number of aromatic amines is 1. The fourth-order valence-corrected chi connectivity index (χ4v) is 5.96. The highest BCUT2D eigenvalue weighted by molar-refractivity contribution is 6.26. The highest BCUT2D eigenvalue weighted by Gasteiger charge is 2.29. The van der Waals surface area contributed by atoms with Gasteiger partial charge in [0.15, 0.2) is 23.7 Å². The van der Waals surface area contributed by atoms with Crippen LogP contribution in [0.25, 0.3) is 16.5 Å². The molecule has 5 aromatic rings. The number of fused-ring (bicyclic) bond motifs is 14. The summed E-state index contributed by atoms with van der Waals surface area (Å²) >= 11 is 0. The van der Waals surface area contributed by atoms with Crippen molar-refractivity contribution in [3.63, 3.8) is 0 Å². The van der Waals surface area contributed by atoms with Crippen LogP contribution in [0.5, 0.6) is 0 Å². The number of hydrogen-bond donors (Lipinski definition) is 1. The lowest BCUT2D eigenvalue weighted by Crippen LogP contribution is -2.13. The van der Waals surface area contributed by atoms with Crippen LogP contribution in [-0.2, 0) is 0 Å². The van der Waals surface area contributed by atoms with Gasteiger partial charge in [-0.25, -0.2) is 25.0 Å². The average Bonchev–Trinajstić information content (AvgIpc) is 3.72. The summed E-state index contributed by atoms with van der Waals surface area (Å²) in [4.78, 5) is 54.9. The summed E-state index contributed by atoms with van der Waals surface area (Å²) in [7, 11) is 0. The summed E-state index contributed by atoms with van der Waals surface area (Å²) < 4.78 is 0. The van der Waals surface area contributed by atoms with Gasteiger partial charge in [0.2, 0.25) is 0 Å². The molecule has 0 spiro atoms. The number of non-ortho nitro benzene ring substituents is 2. The molecular weight excluding hydrogens is 598 g/mol. The van der Waals surface area contributed by atoms with Crippen LogP contribution in [-0.4, -0.2) is 38.0 Å². The van der Waals surface area contributed by atoms with Crippen molar-refractivity contribution in [1.82, 2.24) is 4.98 Å². The molecule has 1 unspecified atom stereocenters. The highest BCUT2D eigenvalue weighted by Crippen LogP contribution is 2.34. The number of hydrogen-bond acceptors (Lipinski definition) is 10. The first kappa shape index (κ1) is 27.8. The molecule has 6 bridgehead atoms. The van der Waals surface area contributed by atoms with E-state index in [1.54, 1.807) is 19.1 Å². The molecule has 226 valence electrons. The molecule has 13 heteroatoms. The van der Waals surface area contributed by atoms with Crippen molar-refractivity contribution in [3.05, 3.63) is 156 Å². The summed E-state index contributed by atoms with van der Waals surface area (Å²) in [6.45, 7) is 6.01. The Balaban J connectivity index is 1.46. The summed E-state index contributed by atoms with van der Waals surface area (Å²) in [5.74, 6) is 0.891. The number of aromatic nitrogens is 1. The molecular formula is C34H21N9O4. The first-order valence-corrected chi connectivity index (χ1v) is 14.5. The molecule has 8 rings (SSSR count). The molecule has 4 aromatic carbocycles. The Morgan fingerprint density at radius 2 is 1.23 bits per heavy atom. The third-order valence-electron chi connectivity index (χ3n) is 8.21. The molecule has 47 heavy (non-hydrogen) atoms. The topological polar surface area (TPSA) is 176 Å². The summed E-state index contributed by atoms with van der Waals surface area (Å²) in [6, 6.07) is 24.0. The Morgan fingerprint density at radius 3 is 1.96 bits per heavy atom. The predicted octanol–water partition coefficient (Wildman–Crippen LogP) is 5.38. The van der Waals surface area contributed by atoms with Crippen LogP contribution in [0.4, 0.5) is 11.4 Å². The highest BCUT2D eigenvalue weighted by atomic mass is 16.6. The molecule has 0 radical (unpaired) electrons. The van der Waals surface area contributed by atoms with Crippen LogP contribution in [0, 0.1) is 20.2 Å². The number of amidine groups is 3. The van der Waals surface area contributed by atoms with Gasteiger partial charge in [0.05, 0.1) is 15.5 Å². The van der Waals surface area contributed by atoms with Crippen molar-refractivity contribution < 1.29 is 9.85 Å². The maximum absolute atomic E-state index is 11.8. The number of rotatable bonds is 2. The number of nitro benzene ring substituents is 2. The van der Waals surface area contributed by atoms with E-state index < -0.39 is 16.0 Å². The van der Waals surface area contributed by atoms with E-state index >= 15 is 0 Å². The smallest absolute Gasteiger partial charge is 0.270 e. The van der Waals surface area contributed by atoms with Gasteiger partial charge in [-0.15, -0.1) is 0 Å². The first-order valence-electron chi connectivity index (χ1n) is 14.5. The van der Waals surface area contributed by atoms with Crippen molar-refractivity contribution in [2.75, 3.05) is 0 Å². The molecule has 4 heterocycles. The number of H-pyrrole nitrogens is 1. The Hall–Kier alpha value is -6.76. The van der Waals surface area contributed by atoms with Gasteiger partial charge in [-0.05, 0) is 19.1 Å². The molecule has 0 aliphatic carbocycles. The summed E-state index contributed by atoms with van der Waals surface area (Å²) in [5, 5.41) is 25.0. The third kappa shape index (κ3) is 4.56. The Bertz CT molecular complexity index is 2520. The van der Waals surface area contributed by atoms with Crippen molar-refractivity contribution >= 4 is 51.1 Å². The van der Waals surface area contributed by atoms with E-state index in [0.717, 1.165) is 21.9 Å². The van der Waals surface area contributed by atoms with E-state index in [1.807, 2.05) is 48.5 Å². The zero-order valence-corrected chi connectivity index (χ0v) is 24.6. The second kappa shape index (κ2) is 10.4. The lowest BCUT2D eigenvalue weighted by Gasteiger charge is -2.11. The fraction of sp³-hybridized carbons (Fsp3) is 0.0588. The van der Waals surface area contributed by atoms with Gasteiger partial charge in [0.1, 0.15) is 11.0 Å². The largest absolute Gasteiger partial charge is 0.324 e. The van der Waals surface area contributed by atoms with Crippen LogP contribution in [0.1, 0.15) is 46.5 Å². The molecule has 1 aromatic heterocycles. The van der Waals surface area contributed by atoms with Crippen LogP contribution in [0.2, 0.25) is 0 Å². The normalized spacial score (nSPS) is 16.4. The van der Waals surface area contributed by atoms with E-state index in [2.05, 4.69) is 11.6 Å². The molecule has 1 N–H and O–H groups in total. The van der Waals surface area contributed by atoms with Gasteiger partial charge >= 0.3 is 0 Å². The predicted molar refractivity (Wildman–Crippen MR) is 177 cm³/mol. The third-order valence-corrected chi connectivity index (χ3v) is 8.21. The lowest BCUT2D eigenvalue weighted by molar-refractivity contribution is -0.385. The second-order valence-corrected chi connectivity index (χ2v) is 11.0. The average molecular weight is 620 g/mol. The number of nitrogens with one attached hydrogen (secondary N) is 1. The number of benzene rings is 4. The zero-order chi connectivity index (χ0) is 32.4. The minimum Gasteiger partial charge on any atom is -0.324 e. The molecule has 0 saturated heterocycles. The van der Waals surface area contributed by atoms with Crippen LogP contribution in [0.3, 0.4) is 0 Å². The maximum Gasteiger partial charge on any atom is 0.270 e.